The van der Waals surface area contributed by atoms with Gasteiger partial charge in [-0.25, -0.2) is 0 Å². The molecule has 1 aromatic heterocycles. The van der Waals surface area contributed by atoms with Crippen LogP contribution in [0.3, 0.4) is 0 Å². The van der Waals surface area contributed by atoms with Gasteiger partial charge in [-0.2, -0.15) is 0 Å². The number of pyridine rings is 1. The molecule has 0 aliphatic rings. The second-order valence-electron chi connectivity index (χ2n) is 3.82. The number of thioether (sulfide) groups is 1. The smallest absolute Gasteiger partial charge is 0.258 e. The predicted molar refractivity (Wildman–Crippen MR) is 74.4 cm³/mol. The highest BCUT2D eigenvalue weighted by molar-refractivity contribution is 8.00. The molecule has 0 aliphatic heterocycles. The third-order valence-corrected chi connectivity index (χ3v) is 4.25. The number of hydrogen-bond donors (Lipinski definition) is 0. The first-order chi connectivity index (χ1) is 8.63. The van der Waals surface area contributed by atoms with Crippen LogP contribution < -0.4 is 0 Å². The van der Waals surface area contributed by atoms with Gasteiger partial charge in [-0.1, -0.05) is 6.92 Å². The third kappa shape index (κ3) is 2.57. The van der Waals surface area contributed by atoms with Crippen LogP contribution in [-0.4, -0.2) is 21.0 Å². The topological polar surface area (TPSA) is 56.0 Å². The lowest BCUT2D eigenvalue weighted by Gasteiger charge is -2.09. The zero-order valence-electron chi connectivity index (χ0n) is 9.67. The van der Waals surface area contributed by atoms with E-state index in [1.807, 2.05) is 6.92 Å². The first-order valence-corrected chi connectivity index (χ1v) is 6.79. The maximum atomic E-state index is 11.0. The average molecular weight is 283 g/mol. The van der Waals surface area contributed by atoms with Crippen LogP contribution in [0.2, 0.25) is 0 Å². The fraction of sp³-hybridized carbons (Fsp3) is 0.250. The van der Waals surface area contributed by atoms with E-state index in [1.165, 1.54) is 6.07 Å². The summed E-state index contributed by atoms with van der Waals surface area (Å²) >= 11 is 7.36. The molecule has 0 fully saturated rings. The van der Waals surface area contributed by atoms with Crippen molar-refractivity contribution >= 4 is 40.0 Å². The van der Waals surface area contributed by atoms with Crippen molar-refractivity contribution in [2.75, 3.05) is 5.88 Å². The molecule has 0 radical (unpaired) electrons. The molecule has 0 saturated heterocycles. The number of benzene rings is 1. The highest BCUT2D eigenvalue weighted by Crippen LogP contribution is 2.34. The van der Waals surface area contributed by atoms with E-state index in [9.17, 15) is 10.1 Å². The van der Waals surface area contributed by atoms with Crippen LogP contribution in [0.1, 0.15) is 6.92 Å². The van der Waals surface area contributed by atoms with Crippen LogP contribution >= 0.6 is 23.4 Å². The van der Waals surface area contributed by atoms with E-state index >= 15 is 0 Å². The Morgan fingerprint density at radius 1 is 1.50 bits per heavy atom. The van der Waals surface area contributed by atoms with Crippen molar-refractivity contribution in [1.82, 2.24) is 4.98 Å². The quantitative estimate of drug-likeness (QED) is 0.370. The second kappa shape index (κ2) is 5.54. The van der Waals surface area contributed by atoms with Gasteiger partial charge in [-0.05, 0) is 18.2 Å². The number of nitrogens with zero attached hydrogens (tertiary/aromatic N) is 2. The molecule has 4 nitrogen and oxygen atoms in total. The molecule has 1 aromatic carbocycles. The molecule has 0 amide bonds. The monoisotopic (exact) mass is 282 g/mol. The van der Waals surface area contributed by atoms with Crippen molar-refractivity contribution in [2.45, 2.75) is 17.1 Å². The Balaban J connectivity index is 2.57. The minimum absolute atomic E-state index is 0.0842. The molecular formula is C12H11ClN2O2S. The van der Waals surface area contributed by atoms with Crippen molar-refractivity contribution in [1.29, 1.82) is 0 Å². The van der Waals surface area contributed by atoms with Crippen LogP contribution in [0.5, 0.6) is 0 Å². The van der Waals surface area contributed by atoms with E-state index in [2.05, 4.69) is 4.98 Å². The van der Waals surface area contributed by atoms with Crippen LogP contribution in [0.25, 0.3) is 10.9 Å². The normalized spacial score (nSPS) is 12.6. The molecule has 2 rings (SSSR count). The van der Waals surface area contributed by atoms with E-state index in [4.69, 9.17) is 11.6 Å². The summed E-state index contributed by atoms with van der Waals surface area (Å²) in [5.74, 6) is 0.524. The Hall–Kier alpha value is -1.33. The summed E-state index contributed by atoms with van der Waals surface area (Å²) in [7, 11) is 0. The molecule has 0 N–H and O–H groups in total. The van der Waals surface area contributed by atoms with Gasteiger partial charge in [-0.3, -0.25) is 15.1 Å². The fourth-order valence-electron chi connectivity index (χ4n) is 1.63. The number of aromatic nitrogens is 1. The van der Waals surface area contributed by atoms with Crippen molar-refractivity contribution < 1.29 is 4.92 Å². The first kappa shape index (κ1) is 13.1. The first-order valence-electron chi connectivity index (χ1n) is 5.38. The van der Waals surface area contributed by atoms with Crippen LogP contribution in [0.4, 0.5) is 5.69 Å². The molecular weight excluding hydrogens is 272 g/mol. The van der Waals surface area contributed by atoms with Crippen LogP contribution in [0.15, 0.2) is 35.4 Å². The summed E-state index contributed by atoms with van der Waals surface area (Å²) < 4.78 is 0. The molecule has 0 bridgehead atoms. The molecule has 6 heteroatoms. The molecule has 1 heterocycles. The van der Waals surface area contributed by atoms with Crippen molar-refractivity contribution in [2.24, 2.45) is 0 Å². The zero-order valence-corrected chi connectivity index (χ0v) is 11.2. The number of non-ortho nitro benzene ring substituents is 1. The molecule has 0 spiro atoms. The van der Waals surface area contributed by atoms with Crippen LogP contribution in [-0.2, 0) is 0 Å². The van der Waals surface area contributed by atoms with Crippen molar-refractivity contribution in [3.8, 4) is 0 Å². The van der Waals surface area contributed by atoms with Gasteiger partial charge in [0.1, 0.15) is 0 Å². The van der Waals surface area contributed by atoms with Gasteiger partial charge < -0.3 is 0 Å². The number of fused-ring (bicyclic) bond motifs is 1. The zero-order chi connectivity index (χ0) is 13.1. The van der Waals surface area contributed by atoms with Gasteiger partial charge in [0, 0.05) is 28.3 Å². The number of halogens is 1. The lowest BCUT2D eigenvalue weighted by Crippen LogP contribution is -1.98. The number of rotatable bonds is 4. The number of hydrogen-bond acceptors (Lipinski definition) is 4. The second-order valence-corrected chi connectivity index (χ2v) is 5.61. The van der Waals surface area contributed by atoms with Gasteiger partial charge >= 0.3 is 0 Å². The summed E-state index contributed by atoms with van der Waals surface area (Å²) in [5.41, 5.74) is 0.745. The molecule has 1 unspecified atom stereocenters. The number of nitro benzene ring substituents is 1. The summed E-state index contributed by atoms with van der Waals surface area (Å²) in [5, 5.41) is 11.8. The van der Waals surface area contributed by atoms with Gasteiger partial charge in [-0.15, -0.1) is 23.4 Å². The Morgan fingerprint density at radius 2 is 2.28 bits per heavy atom. The Morgan fingerprint density at radius 3 is 2.94 bits per heavy atom. The van der Waals surface area contributed by atoms with E-state index in [1.54, 1.807) is 36.2 Å². The van der Waals surface area contributed by atoms with Crippen molar-refractivity contribution in [3.63, 3.8) is 0 Å². The minimum atomic E-state index is -0.385. The molecule has 0 saturated carbocycles. The molecule has 2 aromatic rings. The maximum Gasteiger partial charge on any atom is 0.278 e. The molecule has 1 atom stereocenters. The van der Waals surface area contributed by atoms with E-state index < -0.39 is 0 Å². The summed E-state index contributed by atoms with van der Waals surface area (Å²) in [6, 6.07) is 6.68. The van der Waals surface area contributed by atoms with Crippen molar-refractivity contribution in [3.05, 3.63) is 40.6 Å². The predicted octanol–water partition coefficient (Wildman–Crippen LogP) is 3.86. The lowest BCUT2D eigenvalue weighted by molar-refractivity contribution is -0.383. The van der Waals surface area contributed by atoms with Gasteiger partial charge in [0.25, 0.3) is 5.69 Å². The molecule has 18 heavy (non-hydrogen) atoms. The van der Waals surface area contributed by atoms with E-state index in [-0.39, 0.29) is 15.9 Å². The lowest BCUT2D eigenvalue weighted by atomic mass is 10.2. The Kier molecular flexibility index (Phi) is 4.04. The largest absolute Gasteiger partial charge is 0.278 e. The molecule has 94 valence electrons. The molecule has 0 aliphatic carbocycles. The van der Waals surface area contributed by atoms with E-state index in [0.717, 1.165) is 4.90 Å². The number of alkyl halides is 1. The summed E-state index contributed by atoms with van der Waals surface area (Å²) in [4.78, 5) is 15.7. The summed E-state index contributed by atoms with van der Waals surface area (Å²) in [6.07, 6.45) is 1.64. The van der Waals surface area contributed by atoms with Gasteiger partial charge in [0.05, 0.1) is 15.8 Å². The minimum Gasteiger partial charge on any atom is -0.258 e. The fourth-order valence-corrected chi connectivity index (χ4v) is 2.74. The van der Waals surface area contributed by atoms with Crippen LogP contribution in [0, 0.1) is 10.1 Å². The summed E-state index contributed by atoms with van der Waals surface area (Å²) in [6.45, 7) is 2.01. The van der Waals surface area contributed by atoms with E-state index in [0.29, 0.717) is 16.8 Å². The Labute approximate surface area is 114 Å². The Bertz CT molecular complexity index is 591. The highest BCUT2D eigenvalue weighted by Gasteiger charge is 2.16. The highest BCUT2D eigenvalue weighted by atomic mass is 35.5. The SMILES string of the molecule is CC(CCl)Sc1ccc([N+](=O)[O-])c2cccnc12. The standard InChI is InChI=1S/C12H11ClN2O2S/c1-8(7-13)18-11-5-4-10(15(16)17)9-3-2-6-14-12(9)11/h2-6,8H,7H2,1H3. The third-order valence-electron chi connectivity index (χ3n) is 2.45. The maximum absolute atomic E-state index is 11.0. The van der Waals surface area contributed by atoms with Gasteiger partial charge in [0.15, 0.2) is 0 Å². The van der Waals surface area contributed by atoms with Gasteiger partial charge in [0.2, 0.25) is 0 Å². The average Bonchev–Trinajstić information content (AvgIpc) is 2.38. The number of nitro groups is 1.